The molecule has 2 heteroatoms. The molecule has 29 heavy (non-hydrogen) atoms. The maximum absolute atomic E-state index is 6.75. The fraction of sp³-hybridized carbons (Fsp3) is 0.0370. The molecule has 0 fully saturated rings. The summed E-state index contributed by atoms with van der Waals surface area (Å²) in [4.78, 5) is 0. The third-order valence-electron chi connectivity index (χ3n) is 5.68. The van der Waals surface area contributed by atoms with Crippen molar-refractivity contribution in [1.29, 1.82) is 0 Å². The lowest BCUT2D eigenvalue weighted by Gasteiger charge is -2.34. The molecule has 2 nitrogen and oxygen atoms in total. The third-order valence-corrected chi connectivity index (χ3v) is 5.68. The highest BCUT2D eigenvalue weighted by molar-refractivity contribution is 5.94. The molecule has 0 N–H and O–H groups in total. The molecule has 1 unspecified atom stereocenters. The van der Waals surface area contributed by atoms with Crippen molar-refractivity contribution >= 4 is 27.8 Å². The van der Waals surface area contributed by atoms with Gasteiger partial charge in [-0.05, 0) is 41.1 Å². The van der Waals surface area contributed by atoms with Crippen molar-refractivity contribution in [2.45, 2.75) is 5.60 Å². The predicted octanol–water partition coefficient (Wildman–Crippen LogP) is 6.94. The molecule has 1 aromatic heterocycles. The maximum Gasteiger partial charge on any atom is 0.210 e. The Morgan fingerprint density at radius 1 is 0.655 bits per heavy atom. The summed E-state index contributed by atoms with van der Waals surface area (Å²) in [6.45, 7) is 0. The molecular formula is C27H18O2. The first-order valence-corrected chi connectivity index (χ1v) is 9.78. The van der Waals surface area contributed by atoms with E-state index < -0.39 is 5.60 Å². The summed E-state index contributed by atoms with van der Waals surface area (Å²) in [6.07, 6.45) is 4.29. The van der Waals surface area contributed by atoms with Gasteiger partial charge in [0.05, 0.1) is 0 Å². The molecule has 4 aromatic carbocycles. The van der Waals surface area contributed by atoms with Crippen LogP contribution >= 0.6 is 0 Å². The van der Waals surface area contributed by atoms with E-state index in [2.05, 4.69) is 72.8 Å². The normalized spacial score (nSPS) is 17.9. The summed E-state index contributed by atoms with van der Waals surface area (Å²) in [5.74, 6) is 1.63. The first kappa shape index (κ1) is 16.2. The first-order valence-electron chi connectivity index (χ1n) is 9.78. The van der Waals surface area contributed by atoms with Crippen molar-refractivity contribution < 1.29 is 9.15 Å². The van der Waals surface area contributed by atoms with Crippen LogP contribution in [0.3, 0.4) is 0 Å². The largest absolute Gasteiger partial charge is 0.470 e. The molecule has 1 aliphatic rings. The third kappa shape index (κ3) is 2.43. The topological polar surface area (TPSA) is 22.4 Å². The van der Waals surface area contributed by atoms with Crippen LogP contribution in [0.2, 0.25) is 0 Å². The molecule has 1 aliphatic heterocycles. The van der Waals surface area contributed by atoms with Crippen LogP contribution in [0, 0.1) is 0 Å². The van der Waals surface area contributed by atoms with Crippen LogP contribution in [0.1, 0.15) is 16.9 Å². The van der Waals surface area contributed by atoms with Gasteiger partial charge >= 0.3 is 0 Å². The van der Waals surface area contributed by atoms with E-state index in [1.807, 2.05) is 36.4 Å². The van der Waals surface area contributed by atoms with Gasteiger partial charge in [-0.1, -0.05) is 78.9 Å². The smallest absolute Gasteiger partial charge is 0.210 e. The lowest BCUT2D eigenvalue weighted by molar-refractivity contribution is 0.135. The van der Waals surface area contributed by atoms with Crippen molar-refractivity contribution in [2.24, 2.45) is 0 Å². The van der Waals surface area contributed by atoms with Crippen LogP contribution in [0.4, 0.5) is 0 Å². The molecule has 0 bridgehead atoms. The van der Waals surface area contributed by atoms with Crippen molar-refractivity contribution in [3.63, 3.8) is 0 Å². The molecule has 0 spiro atoms. The Kier molecular flexibility index (Phi) is 3.41. The molecule has 0 saturated heterocycles. The first-order chi connectivity index (χ1) is 14.3. The minimum Gasteiger partial charge on any atom is -0.470 e. The summed E-state index contributed by atoms with van der Waals surface area (Å²) in [5, 5.41) is 3.46. The monoisotopic (exact) mass is 374 g/mol. The standard InChI is InChI=1S/C27H18O2/c1-2-10-21(11-3-1)27(26-18-20-9-5-7-13-24(20)28-26)17-16-23-22-12-6-4-8-19(22)14-15-25(23)29-27/h1-18H. The van der Waals surface area contributed by atoms with Crippen LogP contribution in [0.15, 0.2) is 108 Å². The SMILES string of the molecule is C1=CC(c2ccccc2)(c2cc3ccccc3o2)Oc2ccc3ccccc3c21. The van der Waals surface area contributed by atoms with E-state index in [0.717, 1.165) is 33.6 Å². The summed E-state index contributed by atoms with van der Waals surface area (Å²) in [6, 6.07) is 33.0. The Morgan fingerprint density at radius 2 is 1.41 bits per heavy atom. The quantitative estimate of drug-likeness (QED) is 0.334. The maximum atomic E-state index is 6.75. The Morgan fingerprint density at radius 3 is 2.28 bits per heavy atom. The van der Waals surface area contributed by atoms with Gasteiger partial charge in [-0.25, -0.2) is 0 Å². The van der Waals surface area contributed by atoms with Gasteiger partial charge in [0.2, 0.25) is 5.60 Å². The van der Waals surface area contributed by atoms with Gasteiger partial charge in [-0.3, -0.25) is 0 Å². The van der Waals surface area contributed by atoms with Crippen molar-refractivity contribution in [3.8, 4) is 5.75 Å². The molecular weight excluding hydrogens is 356 g/mol. The van der Waals surface area contributed by atoms with E-state index in [-0.39, 0.29) is 0 Å². The number of hydrogen-bond acceptors (Lipinski definition) is 2. The Hall–Kier alpha value is -3.78. The highest BCUT2D eigenvalue weighted by atomic mass is 16.5. The minimum atomic E-state index is -0.810. The zero-order valence-corrected chi connectivity index (χ0v) is 15.7. The number of fused-ring (bicyclic) bond motifs is 4. The van der Waals surface area contributed by atoms with Crippen LogP contribution in [-0.4, -0.2) is 0 Å². The summed E-state index contributed by atoms with van der Waals surface area (Å²) < 4.78 is 13.0. The number of benzene rings is 4. The average molecular weight is 374 g/mol. The molecule has 0 aliphatic carbocycles. The summed E-state index contributed by atoms with van der Waals surface area (Å²) in [7, 11) is 0. The fourth-order valence-electron chi connectivity index (χ4n) is 4.23. The number of ether oxygens (including phenoxy) is 1. The van der Waals surface area contributed by atoms with E-state index in [4.69, 9.17) is 9.15 Å². The van der Waals surface area contributed by atoms with Crippen molar-refractivity contribution in [3.05, 3.63) is 120 Å². The van der Waals surface area contributed by atoms with Crippen LogP contribution in [0.25, 0.3) is 27.8 Å². The van der Waals surface area contributed by atoms with Gasteiger partial charge in [0.15, 0.2) is 5.76 Å². The van der Waals surface area contributed by atoms with Gasteiger partial charge in [0.1, 0.15) is 11.3 Å². The Labute approximate surface area is 168 Å². The Bertz CT molecular complexity index is 1340. The van der Waals surface area contributed by atoms with Crippen LogP contribution in [0.5, 0.6) is 5.75 Å². The lowest BCUT2D eigenvalue weighted by atomic mass is 9.87. The van der Waals surface area contributed by atoms with Crippen LogP contribution in [-0.2, 0) is 5.60 Å². The molecule has 1 atom stereocenters. The number of furan rings is 1. The highest BCUT2D eigenvalue weighted by Gasteiger charge is 2.40. The van der Waals surface area contributed by atoms with E-state index in [9.17, 15) is 0 Å². The second-order valence-corrected chi connectivity index (χ2v) is 7.38. The number of para-hydroxylation sites is 1. The molecule has 138 valence electrons. The minimum absolute atomic E-state index is 0.778. The predicted molar refractivity (Wildman–Crippen MR) is 117 cm³/mol. The van der Waals surface area contributed by atoms with Gasteiger partial charge in [0.25, 0.3) is 0 Å². The van der Waals surface area contributed by atoms with Crippen LogP contribution < -0.4 is 4.74 Å². The molecule has 0 amide bonds. The second-order valence-electron chi connectivity index (χ2n) is 7.38. The Balaban J connectivity index is 1.60. The average Bonchev–Trinajstić information content (AvgIpc) is 3.24. The van der Waals surface area contributed by atoms with E-state index in [1.54, 1.807) is 0 Å². The van der Waals surface area contributed by atoms with E-state index in [0.29, 0.717) is 0 Å². The van der Waals surface area contributed by atoms with Gasteiger partial charge < -0.3 is 9.15 Å². The van der Waals surface area contributed by atoms with Gasteiger partial charge in [-0.2, -0.15) is 0 Å². The van der Waals surface area contributed by atoms with Gasteiger partial charge in [-0.15, -0.1) is 0 Å². The molecule has 0 radical (unpaired) electrons. The fourth-order valence-corrected chi connectivity index (χ4v) is 4.23. The molecule has 2 heterocycles. The highest BCUT2D eigenvalue weighted by Crippen LogP contribution is 2.45. The zero-order chi connectivity index (χ0) is 19.3. The molecule has 5 aromatic rings. The molecule has 0 saturated carbocycles. The zero-order valence-electron chi connectivity index (χ0n) is 15.7. The molecule has 6 rings (SSSR count). The lowest BCUT2D eigenvalue weighted by Crippen LogP contribution is -2.33. The van der Waals surface area contributed by atoms with Crippen molar-refractivity contribution in [1.82, 2.24) is 0 Å². The summed E-state index contributed by atoms with van der Waals surface area (Å²) >= 11 is 0. The number of rotatable bonds is 2. The van der Waals surface area contributed by atoms with E-state index >= 15 is 0 Å². The van der Waals surface area contributed by atoms with Crippen molar-refractivity contribution in [2.75, 3.05) is 0 Å². The number of hydrogen-bond donors (Lipinski definition) is 0. The second kappa shape index (κ2) is 6.11. The van der Waals surface area contributed by atoms with Gasteiger partial charge in [0, 0.05) is 16.5 Å². The van der Waals surface area contributed by atoms with E-state index in [1.165, 1.54) is 10.8 Å². The summed E-state index contributed by atoms with van der Waals surface area (Å²) in [5.41, 5.74) is 2.19.